The molecule has 7 nitrogen and oxygen atoms in total. The number of nitrogens with zero attached hydrogens (tertiary/aromatic N) is 4. The maximum atomic E-state index is 7.59. The van der Waals surface area contributed by atoms with Gasteiger partial charge in [-0.3, -0.25) is 4.68 Å². The van der Waals surface area contributed by atoms with E-state index in [1.54, 1.807) is 10.8 Å². The minimum absolute atomic E-state index is 0.272. The van der Waals surface area contributed by atoms with Gasteiger partial charge in [0.2, 0.25) is 0 Å². The third-order valence-corrected chi connectivity index (χ3v) is 4.93. The SMILES string of the molecule is Cn1cc(/C(C=N)=C/C=N)c(COc2ccc(-c3cccc4c3ncn4C)cc2)n1. The van der Waals surface area contributed by atoms with Crippen LogP contribution in [0.4, 0.5) is 0 Å². The quantitative estimate of drug-likeness (QED) is 0.456. The van der Waals surface area contributed by atoms with Gasteiger partial charge < -0.3 is 20.1 Å². The van der Waals surface area contributed by atoms with Gasteiger partial charge in [0.05, 0.1) is 17.4 Å². The largest absolute Gasteiger partial charge is 0.487 e. The number of imidazole rings is 1. The molecule has 0 unspecified atom stereocenters. The standard InChI is InChI=1S/C23H22N6O/c1-28-15-26-23-19(4-3-5-22(23)28)16-6-8-18(9-7-16)30-14-21-20(13-29(2)27-21)17(12-25)10-11-24/h3-13,15,24-25H,14H2,1-2H3/b17-10+,24-11?,25-12?. The van der Waals surface area contributed by atoms with Gasteiger partial charge in [-0.1, -0.05) is 24.3 Å². The molecule has 2 heterocycles. The Morgan fingerprint density at radius 2 is 1.90 bits per heavy atom. The molecule has 0 saturated carbocycles. The Bertz CT molecular complexity index is 1250. The summed E-state index contributed by atoms with van der Waals surface area (Å²) in [7, 11) is 3.81. The lowest BCUT2D eigenvalue weighted by Gasteiger charge is -2.08. The van der Waals surface area contributed by atoms with Crippen LogP contribution in [0.5, 0.6) is 5.75 Å². The molecule has 0 radical (unpaired) electrons. The van der Waals surface area contributed by atoms with Crippen LogP contribution < -0.4 is 4.74 Å². The summed E-state index contributed by atoms with van der Waals surface area (Å²) in [5.41, 5.74) is 6.35. The molecule has 2 N–H and O–H groups in total. The van der Waals surface area contributed by atoms with E-state index in [2.05, 4.69) is 22.2 Å². The molecule has 0 amide bonds. The van der Waals surface area contributed by atoms with Crippen LogP contribution in [0.1, 0.15) is 11.3 Å². The first kappa shape index (κ1) is 19.3. The van der Waals surface area contributed by atoms with Gasteiger partial charge in [0, 0.05) is 49.4 Å². The van der Waals surface area contributed by atoms with Gasteiger partial charge in [-0.05, 0) is 29.8 Å². The molecule has 0 saturated heterocycles. The summed E-state index contributed by atoms with van der Waals surface area (Å²) in [4.78, 5) is 4.53. The maximum Gasteiger partial charge on any atom is 0.133 e. The molecule has 0 spiro atoms. The number of ether oxygens (including phenoxy) is 1. The molecule has 2 aromatic heterocycles. The average Bonchev–Trinajstić information content (AvgIpc) is 3.33. The van der Waals surface area contributed by atoms with Crippen molar-refractivity contribution < 1.29 is 4.74 Å². The second kappa shape index (κ2) is 8.16. The van der Waals surface area contributed by atoms with Crippen LogP contribution >= 0.6 is 0 Å². The third-order valence-electron chi connectivity index (χ3n) is 4.93. The number of hydrogen-bond donors (Lipinski definition) is 2. The zero-order valence-corrected chi connectivity index (χ0v) is 16.8. The van der Waals surface area contributed by atoms with Crippen LogP contribution in [0, 0.1) is 10.8 Å². The summed E-state index contributed by atoms with van der Waals surface area (Å²) in [6.07, 6.45) is 7.61. The highest BCUT2D eigenvalue weighted by atomic mass is 16.5. The fourth-order valence-electron chi connectivity index (χ4n) is 3.46. The van der Waals surface area contributed by atoms with Gasteiger partial charge in [0.15, 0.2) is 0 Å². The van der Waals surface area contributed by atoms with Gasteiger partial charge in [-0.25, -0.2) is 4.98 Å². The van der Waals surface area contributed by atoms with Gasteiger partial charge in [0.1, 0.15) is 18.1 Å². The minimum atomic E-state index is 0.272. The topological polar surface area (TPSA) is 92.6 Å². The first-order valence-electron chi connectivity index (χ1n) is 9.48. The highest BCUT2D eigenvalue weighted by Gasteiger charge is 2.12. The van der Waals surface area contributed by atoms with Crippen molar-refractivity contribution >= 4 is 29.0 Å². The van der Waals surface area contributed by atoms with Crippen molar-refractivity contribution in [1.29, 1.82) is 10.8 Å². The van der Waals surface area contributed by atoms with Gasteiger partial charge in [-0.15, -0.1) is 0 Å². The first-order chi connectivity index (χ1) is 14.6. The van der Waals surface area contributed by atoms with E-state index in [0.717, 1.165) is 39.2 Å². The van der Waals surface area contributed by atoms with Crippen molar-refractivity contribution in [2.75, 3.05) is 0 Å². The summed E-state index contributed by atoms with van der Waals surface area (Å²) < 4.78 is 9.64. The number of hydrogen-bond acceptors (Lipinski definition) is 5. The summed E-state index contributed by atoms with van der Waals surface area (Å²) >= 11 is 0. The number of aryl methyl sites for hydroxylation is 2. The van der Waals surface area contributed by atoms with Gasteiger partial charge in [0.25, 0.3) is 0 Å². The molecule has 4 rings (SSSR count). The zero-order chi connectivity index (χ0) is 21.1. The molecule has 30 heavy (non-hydrogen) atoms. The fraction of sp³-hybridized carbons (Fsp3) is 0.130. The van der Waals surface area contributed by atoms with E-state index in [9.17, 15) is 0 Å². The molecule has 0 bridgehead atoms. The number of rotatable bonds is 7. The second-order valence-corrected chi connectivity index (χ2v) is 6.94. The third kappa shape index (κ3) is 3.65. The molecule has 7 heteroatoms. The fourth-order valence-corrected chi connectivity index (χ4v) is 3.46. The Hall–Kier alpha value is -4.00. The normalized spacial score (nSPS) is 11.6. The zero-order valence-electron chi connectivity index (χ0n) is 16.8. The van der Waals surface area contributed by atoms with Crippen LogP contribution in [-0.2, 0) is 20.7 Å². The Morgan fingerprint density at radius 3 is 2.63 bits per heavy atom. The van der Waals surface area contributed by atoms with Crippen LogP contribution in [-0.4, -0.2) is 31.8 Å². The molecule has 0 aliphatic heterocycles. The minimum Gasteiger partial charge on any atom is -0.487 e. The van der Waals surface area contributed by atoms with Crippen LogP contribution in [0.2, 0.25) is 0 Å². The van der Waals surface area contributed by atoms with Gasteiger partial charge in [-0.2, -0.15) is 5.10 Å². The van der Waals surface area contributed by atoms with Crippen molar-refractivity contribution in [3.63, 3.8) is 0 Å². The molecule has 4 aromatic rings. The lowest BCUT2D eigenvalue weighted by atomic mass is 10.0. The number of aromatic nitrogens is 4. The molecular weight excluding hydrogens is 376 g/mol. The molecule has 0 fully saturated rings. The number of fused-ring (bicyclic) bond motifs is 1. The molecule has 0 aliphatic rings. The van der Waals surface area contributed by atoms with E-state index in [0.29, 0.717) is 5.57 Å². The van der Waals surface area contributed by atoms with Crippen molar-refractivity contribution in [3.05, 3.63) is 72.3 Å². The van der Waals surface area contributed by atoms with E-state index in [1.165, 1.54) is 12.4 Å². The maximum absolute atomic E-state index is 7.59. The van der Waals surface area contributed by atoms with E-state index in [4.69, 9.17) is 15.6 Å². The highest BCUT2D eigenvalue weighted by molar-refractivity contribution is 6.12. The first-order valence-corrected chi connectivity index (χ1v) is 9.48. The Morgan fingerprint density at radius 1 is 1.10 bits per heavy atom. The van der Waals surface area contributed by atoms with Gasteiger partial charge >= 0.3 is 0 Å². The molecule has 0 atom stereocenters. The predicted molar refractivity (Wildman–Crippen MR) is 119 cm³/mol. The van der Waals surface area contributed by atoms with Crippen molar-refractivity contribution in [3.8, 4) is 16.9 Å². The Balaban J connectivity index is 1.55. The lowest BCUT2D eigenvalue weighted by molar-refractivity contribution is 0.300. The van der Waals surface area contributed by atoms with Crippen molar-refractivity contribution in [1.82, 2.24) is 19.3 Å². The van der Waals surface area contributed by atoms with Crippen molar-refractivity contribution in [2.45, 2.75) is 6.61 Å². The monoisotopic (exact) mass is 398 g/mol. The molecule has 2 aromatic carbocycles. The number of para-hydroxylation sites is 1. The average molecular weight is 398 g/mol. The summed E-state index contributed by atoms with van der Waals surface area (Å²) in [6, 6.07) is 14.1. The van der Waals surface area contributed by atoms with Crippen LogP contribution in [0.25, 0.3) is 27.7 Å². The van der Waals surface area contributed by atoms with Crippen molar-refractivity contribution in [2.24, 2.45) is 14.1 Å². The van der Waals surface area contributed by atoms with E-state index >= 15 is 0 Å². The lowest BCUT2D eigenvalue weighted by Crippen LogP contribution is -2.00. The predicted octanol–water partition coefficient (Wildman–Crippen LogP) is 4.24. The van der Waals surface area contributed by atoms with E-state index in [-0.39, 0.29) is 6.61 Å². The molecule has 150 valence electrons. The smallest absolute Gasteiger partial charge is 0.133 e. The molecule has 0 aliphatic carbocycles. The summed E-state index contributed by atoms with van der Waals surface area (Å²) in [5, 5.41) is 19.3. The Labute approximate surface area is 174 Å². The number of nitrogens with one attached hydrogen (secondary N) is 2. The van der Waals surface area contributed by atoms with E-state index < -0.39 is 0 Å². The summed E-state index contributed by atoms with van der Waals surface area (Å²) in [6.45, 7) is 0.272. The number of allylic oxidation sites excluding steroid dienone is 2. The van der Waals surface area contributed by atoms with E-state index in [1.807, 2.05) is 61.5 Å². The second-order valence-electron chi connectivity index (χ2n) is 6.94. The van der Waals surface area contributed by atoms with Crippen LogP contribution in [0.3, 0.4) is 0 Å². The molecular formula is C23H22N6O. The highest BCUT2D eigenvalue weighted by Crippen LogP contribution is 2.29. The van der Waals surface area contributed by atoms with Crippen LogP contribution in [0.15, 0.2) is 61.1 Å². The number of benzene rings is 2. The summed E-state index contributed by atoms with van der Waals surface area (Å²) in [5.74, 6) is 0.732. The Kier molecular flexibility index (Phi) is 5.26.